The van der Waals surface area contributed by atoms with Gasteiger partial charge in [-0.2, -0.15) is 0 Å². The molecular weight excluding hydrogens is 516 g/mol. The number of aromatic carboxylic acids is 1. The van der Waals surface area contributed by atoms with Crippen LogP contribution in [0.1, 0.15) is 98.8 Å². The van der Waals surface area contributed by atoms with Crippen LogP contribution in [0, 0.1) is 5.92 Å². The number of nitrogens with zero attached hydrogens (tertiary/aromatic N) is 2. The zero-order valence-electron chi connectivity index (χ0n) is 25.3. The van der Waals surface area contributed by atoms with Crippen LogP contribution in [0.15, 0.2) is 61.0 Å². The lowest BCUT2D eigenvalue weighted by Gasteiger charge is -2.35. The van der Waals surface area contributed by atoms with E-state index in [4.69, 9.17) is 4.74 Å². The van der Waals surface area contributed by atoms with Crippen LogP contribution < -0.4 is 0 Å². The fourth-order valence-electron chi connectivity index (χ4n) is 5.15. The molecule has 0 aliphatic carbocycles. The lowest BCUT2D eigenvalue weighted by atomic mass is 9.92. The summed E-state index contributed by atoms with van der Waals surface area (Å²) in [5.74, 6) is -0.908. The van der Waals surface area contributed by atoms with Gasteiger partial charge in [-0.25, -0.2) is 9.59 Å². The lowest BCUT2D eigenvalue weighted by Crippen LogP contribution is -2.45. The number of allylic oxidation sites excluding steroid dienone is 1. The van der Waals surface area contributed by atoms with Crippen molar-refractivity contribution < 1.29 is 24.2 Å². The quantitative estimate of drug-likeness (QED) is 0.193. The monoisotopic (exact) mass is 558 g/mol. The Kier molecular flexibility index (Phi) is 10.0. The maximum Gasteiger partial charge on any atom is 0.410 e. The Morgan fingerprint density at radius 2 is 1.66 bits per heavy atom. The molecule has 0 saturated heterocycles. The highest BCUT2D eigenvalue weighted by atomic mass is 16.6. The van der Waals surface area contributed by atoms with E-state index >= 15 is 0 Å². The van der Waals surface area contributed by atoms with Gasteiger partial charge in [-0.3, -0.25) is 4.79 Å². The number of pyridine rings is 1. The molecule has 218 valence electrons. The molecule has 0 radical (unpaired) electrons. The number of aryl methyl sites for hydroxylation is 1. The van der Waals surface area contributed by atoms with Gasteiger partial charge in [-0.05, 0) is 82.2 Å². The second kappa shape index (κ2) is 13.0. The summed E-state index contributed by atoms with van der Waals surface area (Å²) < 4.78 is 7.41. The molecule has 0 spiro atoms. The van der Waals surface area contributed by atoms with Crippen LogP contribution in [0.2, 0.25) is 0 Å². The smallest absolute Gasteiger partial charge is 0.410 e. The maximum atomic E-state index is 13.6. The number of carbonyl (C=O) groups is 3. The first-order valence-corrected chi connectivity index (χ1v) is 14.2. The Labute approximate surface area is 243 Å². The third kappa shape index (κ3) is 7.36. The Balaban J connectivity index is 1.82. The van der Waals surface area contributed by atoms with Crippen LogP contribution >= 0.6 is 0 Å². The van der Waals surface area contributed by atoms with Crippen molar-refractivity contribution in [3.8, 4) is 0 Å². The van der Waals surface area contributed by atoms with Crippen molar-refractivity contribution in [1.82, 2.24) is 9.30 Å². The molecule has 41 heavy (non-hydrogen) atoms. The average molecular weight is 559 g/mol. The molecule has 0 aliphatic heterocycles. The highest BCUT2D eigenvalue weighted by molar-refractivity contribution is 6.10. The van der Waals surface area contributed by atoms with Crippen molar-refractivity contribution in [3.63, 3.8) is 0 Å². The largest absolute Gasteiger partial charge is 0.478 e. The number of hydrogen-bond acceptors (Lipinski definition) is 4. The lowest BCUT2D eigenvalue weighted by molar-refractivity contribution is 0.0115. The Hall–Kier alpha value is -4.09. The second-order valence-corrected chi connectivity index (χ2v) is 11.6. The maximum absolute atomic E-state index is 13.6. The molecule has 0 aliphatic rings. The SMILES string of the molecule is C=C=C(CCC(C(C)C)N(CC)C(=O)OC(C)(C)C)c1ccc(C(=O)c2c(CC)cc3cc(C(=O)O)ccn23)cc1. The minimum absolute atomic E-state index is 0.0178. The summed E-state index contributed by atoms with van der Waals surface area (Å²) in [6, 6.07) is 12.3. The molecule has 1 N–H and O–H groups in total. The molecule has 1 amide bonds. The minimum atomic E-state index is -1.01. The van der Waals surface area contributed by atoms with Crippen molar-refractivity contribution in [1.29, 1.82) is 0 Å². The zero-order chi connectivity index (χ0) is 30.5. The number of ether oxygens (including phenoxy) is 1. The number of fused-ring (bicyclic) bond motifs is 1. The summed E-state index contributed by atoms with van der Waals surface area (Å²) in [6.07, 6.45) is 3.35. The number of aromatic nitrogens is 1. The van der Waals surface area contributed by atoms with E-state index in [-0.39, 0.29) is 29.4 Å². The fraction of sp³-hybridized carbons (Fsp3) is 0.412. The van der Waals surface area contributed by atoms with Crippen LogP contribution in [0.25, 0.3) is 11.1 Å². The van der Waals surface area contributed by atoms with E-state index in [2.05, 4.69) is 26.2 Å². The molecule has 7 nitrogen and oxygen atoms in total. The molecule has 7 heteroatoms. The number of carboxylic acid groups (broad SMARTS) is 1. The van der Waals surface area contributed by atoms with Crippen molar-refractivity contribution >= 4 is 28.9 Å². The summed E-state index contributed by atoms with van der Waals surface area (Å²) in [5.41, 5.74) is 7.12. The van der Waals surface area contributed by atoms with Gasteiger partial charge in [0.05, 0.1) is 11.3 Å². The Morgan fingerprint density at radius 1 is 1.02 bits per heavy atom. The molecule has 1 atom stereocenters. The molecule has 3 rings (SSSR count). The van der Waals surface area contributed by atoms with Crippen LogP contribution in [0.4, 0.5) is 4.79 Å². The summed E-state index contributed by atoms with van der Waals surface area (Å²) in [6.45, 7) is 18.2. The van der Waals surface area contributed by atoms with Crippen molar-refractivity contribution in [2.45, 2.75) is 79.4 Å². The molecule has 0 saturated carbocycles. The van der Waals surface area contributed by atoms with E-state index in [1.54, 1.807) is 33.7 Å². The van der Waals surface area contributed by atoms with Gasteiger partial charge in [0, 0.05) is 35.4 Å². The molecule has 1 aromatic carbocycles. The molecule has 1 unspecified atom stereocenters. The second-order valence-electron chi connectivity index (χ2n) is 11.6. The van der Waals surface area contributed by atoms with Gasteiger partial charge >= 0.3 is 12.1 Å². The Bertz CT molecular complexity index is 1470. The highest BCUT2D eigenvalue weighted by Gasteiger charge is 2.29. The average Bonchev–Trinajstić information content (AvgIpc) is 3.29. The number of amides is 1. The van der Waals surface area contributed by atoms with Crippen molar-refractivity contribution in [3.05, 3.63) is 88.9 Å². The third-order valence-corrected chi connectivity index (χ3v) is 7.23. The number of hydrogen-bond donors (Lipinski definition) is 1. The molecular formula is C34H42N2O5. The number of ketones is 1. The first-order chi connectivity index (χ1) is 19.3. The van der Waals surface area contributed by atoms with Crippen LogP contribution in [-0.4, -0.2) is 50.4 Å². The van der Waals surface area contributed by atoms with Crippen LogP contribution in [-0.2, 0) is 11.2 Å². The summed E-state index contributed by atoms with van der Waals surface area (Å²) >= 11 is 0. The summed E-state index contributed by atoms with van der Waals surface area (Å²) in [5, 5.41) is 9.35. The predicted octanol–water partition coefficient (Wildman–Crippen LogP) is 7.66. The number of carbonyl (C=O) groups excluding carboxylic acids is 2. The van der Waals surface area contributed by atoms with Gasteiger partial charge in [0.2, 0.25) is 5.78 Å². The van der Waals surface area contributed by atoms with E-state index in [0.29, 0.717) is 36.2 Å². The van der Waals surface area contributed by atoms with Gasteiger partial charge in [-0.15, -0.1) is 5.73 Å². The number of rotatable bonds is 11. The van der Waals surface area contributed by atoms with Crippen LogP contribution in [0.5, 0.6) is 0 Å². The predicted molar refractivity (Wildman–Crippen MR) is 163 cm³/mol. The zero-order valence-corrected chi connectivity index (χ0v) is 25.3. The first-order valence-electron chi connectivity index (χ1n) is 14.2. The normalized spacial score (nSPS) is 12.2. The van der Waals surface area contributed by atoms with E-state index in [1.807, 2.05) is 52.8 Å². The molecule has 2 heterocycles. The van der Waals surface area contributed by atoms with Gasteiger partial charge in [-0.1, -0.05) is 51.6 Å². The fourth-order valence-corrected chi connectivity index (χ4v) is 5.15. The van der Waals surface area contributed by atoms with Crippen molar-refractivity contribution in [2.75, 3.05) is 6.54 Å². The van der Waals surface area contributed by atoms with Gasteiger partial charge in [0.25, 0.3) is 0 Å². The first kappa shape index (κ1) is 31.4. The van der Waals surface area contributed by atoms with E-state index in [1.165, 1.54) is 6.07 Å². The summed E-state index contributed by atoms with van der Waals surface area (Å²) in [4.78, 5) is 39.7. The van der Waals surface area contributed by atoms with Crippen LogP contribution in [0.3, 0.4) is 0 Å². The topological polar surface area (TPSA) is 88.3 Å². The highest BCUT2D eigenvalue weighted by Crippen LogP contribution is 2.27. The molecule has 0 bridgehead atoms. The molecule has 3 aromatic rings. The van der Waals surface area contributed by atoms with E-state index < -0.39 is 11.6 Å². The van der Waals surface area contributed by atoms with Gasteiger partial charge < -0.3 is 19.1 Å². The van der Waals surface area contributed by atoms with Crippen molar-refractivity contribution in [2.24, 2.45) is 5.92 Å². The minimum Gasteiger partial charge on any atom is -0.478 e. The molecule has 2 aromatic heterocycles. The number of benzene rings is 1. The van der Waals surface area contributed by atoms with Gasteiger partial charge in [0.1, 0.15) is 5.60 Å². The summed E-state index contributed by atoms with van der Waals surface area (Å²) in [7, 11) is 0. The molecule has 0 fully saturated rings. The van der Waals surface area contributed by atoms with E-state index in [0.717, 1.165) is 23.1 Å². The standard InChI is InChI=1S/C34H42N2O5/c1-9-23(16-17-29(22(4)5)35(11-3)33(40)41-34(6,7)8)25-12-14-26(15-13-25)31(37)30-24(10-2)20-28-21-27(32(38)39)18-19-36(28)30/h12-15,18-22,29H,1,10-11,16-17H2,2-8H3,(H,38,39). The Morgan fingerprint density at radius 3 is 2.17 bits per heavy atom. The third-order valence-electron chi connectivity index (χ3n) is 7.23. The van der Waals surface area contributed by atoms with E-state index in [9.17, 15) is 19.5 Å². The number of carboxylic acids is 1. The van der Waals surface area contributed by atoms with Gasteiger partial charge in [0.15, 0.2) is 0 Å².